The fraction of sp³-hybridized carbons (Fsp3) is 1.00. The largest absolute Gasteiger partial charge is 0.311 e. The number of hydrogen-bond acceptors (Lipinski definition) is 1. The number of rotatable bonds is 1. The summed E-state index contributed by atoms with van der Waals surface area (Å²) in [7, 11) is 0. The second-order valence-electron chi connectivity index (χ2n) is 5.14. The molecule has 1 nitrogen and oxygen atoms in total. The first kappa shape index (κ1) is 9.51. The highest BCUT2D eigenvalue weighted by atomic mass is 15.0. The summed E-state index contributed by atoms with van der Waals surface area (Å²) in [5.74, 6) is 0.970. The van der Waals surface area contributed by atoms with Gasteiger partial charge >= 0.3 is 0 Å². The first-order valence-electron chi connectivity index (χ1n) is 6.06. The van der Waals surface area contributed by atoms with Gasteiger partial charge in [-0.25, -0.2) is 0 Å². The zero-order chi connectivity index (χ0) is 9.15. The Morgan fingerprint density at radius 2 is 1.69 bits per heavy atom. The maximum absolute atomic E-state index is 3.73. The predicted molar refractivity (Wildman–Crippen MR) is 56.8 cm³/mol. The van der Waals surface area contributed by atoms with Gasteiger partial charge in [0.1, 0.15) is 0 Å². The topological polar surface area (TPSA) is 12.0 Å². The van der Waals surface area contributed by atoms with Crippen molar-refractivity contribution >= 4 is 0 Å². The summed E-state index contributed by atoms with van der Waals surface area (Å²) in [5, 5.41) is 3.73. The fourth-order valence-electron chi connectivity index (χ4n) is 3.18. The Hall–Kier alpha value is -0.0400. The van der Waals surface area contributed by atoms with Gasteiger partial charge < -0.3 is 5.32 Å². The average molecular weight is 181 g/mol. The van der Waals surface area contributed by atoms with Gasteiger partial charge in [-0.2, -0.15) is 0 Å². The standard InChI is InChI=1S/C12H23N/c1-12(9-6-10-13-12)11-7-4-2-3-5-8-11/h11,13H,2-10H2,1H3. The van der Waals surface area contributed by atoms with Crippen LogP contribution in [0.3, 0.4) is 0 Å². The molecule has 1 saturated heterocycles. The molecule has 0 amide bonds. The van der Waals surface area contributed by atoms with Crippen molar-refractivity contribution in [2.45, 2.75) is 63.8 Å². The Balaban J connectivity index is 1.96. The minimum absolute atomic E-state index is 0.504. The molecule has 1 heterocycles. The van der Waals surface area contributed by atoms with Gasteiger partial charge in [-0.15, -0.1) is 0 Å². The van der Waals surface area contributed by atoms with Crippen molar-refractivity contribution in [2.75, 3.05) is 6.54 Å². The van der Waals surface area contributed by atoms with Crippen molar-refractivity contribution in [1.29, 1.82) is 0 Å². The van der Waals surface area contributed by atoms with Crippen LogP contribution >= 0.6 is 0 Å². The van der Waals surface area contributed by atoms with Gasteiger partial charge in [-0.3, -0.25) is 0 Å². The number of nitrogens with one attached hydrogen (secondary N) is 1. The molecule has 1 atom stereocenters. The van der Waals surface area contributed by atoms with Crippen LogP contribution in [0.4, 0.5) is 0 Å². The van der Waals surface area contributed by atoms with Crippen molar-refractivity contribution in [2.24, 2.45) is 5.92 Å². The van der Waals surface area contributed by atoms with E-state index in [0.29, 0.717) is 5.54 Å². The van der Waals surface area contributed by atoms with E-state index in [4.69, 9.17) is 0 Å². The second kappa shape index (κ2) is 4.00. The lowest BCUT2D eigenvalue weighted by Crippen LogP contribution is -2.43. The molecule has 2 rings (SSSR count). The molecule has 0 aromatic carbocycles. The number of hydrogen-bond donors (Lipinski definition) is 1. The monoisotopic (exact) mass is 181 g/mol. The van der Waals surface area contributed by atoms with Crippen LogP contribution in [0.1, 0.15) is 58.3 Å². The summed E-state index contributed by atoms with van der Waals surface area (Å²) in [4.78, 5) is 0. The van der Waals surface area contributed by atoms with Crippen LogP contribution < -0.4 is 5.32 Å². The van der Waals surface area contributed by atoms with Gasteiger partial charge in [0.2, 0.25) is 0 Å². The SMILES string of the molecule is CC1(C2CCCCCC2)CCCN1. The van der Waals surface area contributed by atoms with Crippen LogP contribution in [-0.4, -0.2) is 12.1 Å². The molecule has 1 heteroatoms. The van der Waals surface area contributed by atoms with Crippen LogP contribution in [0.25, 0.3) is 0 Å². The third kappa shape index (κ3) is 2.07. The molecule has 1 unspecified atom stereocenters. The Bertz CT molecular complexity index is 151. The van der Waals surface area contributed by atoms with Gasteiger partial charge in [-0.05, 0) is 45.1 Å². The molecule has 0 bridgehead atoms. The molecular weight excluding hydrogens is 158 g/mol. The van der Waals surface area contributed by atoms with Gasteiger partial charge in [0, 0.05) is 5.54 Å². The maximum atomic E-state index is 3.73. The highest BCUT2D eigenvalue weighted by Gasteiger charge is 2.36. The molecule has 0 aromatic rings. The van der Waals surface area contributed by atoms with Crippen molar-refractivity contribution in [3.05, 3.63) is 0 Å². The van der Waals surface area contributed by atoms with E-state index in [-0.39, 0.29) is 0 Å². The molecule has 1 N–H and O–H groups in total. The van der Waals surface area contributed by atoms with Crippen LogP contribution in [0, 0.1) is 5.92 Å². The summed E-state index contributed by atoms with van der Waals surface area (Å²) >= 11 is 0. The molecule has 2 fully saturated rings. The Morgan fingerprint density at radius 1 is 1.00 bits per heavy atom. The van der Waals surface area contributed by atoms with E-state index < -0.39 is 0 Å². The molecule has 0 spiro atoms. The van der Waals surface area contributed by atoms with Crippen LogP contribution in [-0.2, 0) is 0 Å². The highest BCUT2D eigenvalue weighted by molar-refractivity contribution is 4.94. The Morgan fingerprint density at radius 3 is 2.23 bits per heavy atom. The van der Waals surface area contributed by atoms with E-state index in [1.807, 2.05) is 0 Å². The molecule has 1 aliphatic heterocycles. The summed E-state index contributed by atoms with van der Waals surface area (Å²) in [6, 6.07) is 0. The third-order valence-electron chi connectivity index (χ3n) is 4.16. The highest BCUT2D eigenvalue weighted by Crippen LogP contribution is 2.36. The second-order valence-corrected chi connectivity index (χ2v) is 5.14. The van der Waals surface area contributed by atoms with Gasteiger partial charge in [-0.1, -0.05) is 25.7 Å². The van der Waals surface area contributed by atoms with Gasteiger partial charge in [0.05, 0.1) is 0 Å². The summed E-state index contributed by atoms with van der Waals surface area (Å²) < 4.78 is 0. The lowest BCUT2D eigenvalue weighted by molar-refractivity contribution is 0.235. The molecule has 1 saturated carbocycles. The zero-order valence-electron chi connectivity index (χ0n) is 8.94. The molecule has 0 aromatic heterocycles. The molecule has 1 aliphatic carbocycles. The summed E-state index contributed by atoms with van der Waals surface area (Å²) in [5.41, 5.74) is 0.504. The lowest BCUT2D eigenvalue weighted by atomic mass is 9.79. The first-order valence-corrected chi connectivity index (χ1v) is 6.06. The molecule has 76 valence electrons. The van der Waals surface area contributed by atoms with Crippen molar-refractivity contribution in [1.82, 2.24) is 5.32 Å². The summed E-state index contributed by atoms with van der Waals surface area (Å²) in [6.45, 7) is 3.71. The van der Waals surface area contributed by atoms with E-state index in [1.165, 1.54) is 57.9 Å². The smallest absolute Gasteiger partial charge is 0.0181 e. The average Bonchev–Trinajstić information content (AvgIpc) is 2.44. The first-order chi connectivity index (χ1) is 6.31. The van der Waals surface area contributed by atoms with E-state index in [9.17, 15) is 0 Å². The molecular formula is C12H23N. The van der Waals surface area contributed by atoms with E-state index >= 15 is 0 Å². The van der Waals surface area contributed by atoms with Crippen molar-refractivity contribution < 1.29 is 0 Å². The van der Waals surface area contributed by atoms with Crippen LogP contribution in [0.5, 0.6) is 0 Å². The lowest BCUT2D eigenvalue weighted by Gasteiger charge is -2.34. The van der Waals surface area contributed by atoms with Crippen LogP contribution in [0.15, 0.2) is 0 Å². The van der Waals surface area contributed by atoms with E-state index in [2.05, 4.69) is 12.2 Å². The normalized spacial score (nSPS) is 37.6. The van der Waals surface area contributed by atoms with Crippen molar-refractivity contribution in [3.63, 3.8) is 0 Å². The Kier molecular flexibility index (Phi) is 2.92. The third-order valence-corrected chi connectivity index (χ3v) is 4.16. The minimum Gasteiger partial charge on any atom is -0.311 e. The quantitative estimate of drug-likeness (QED) is 0.613. The van der Waals surface area contributed by atoms with Crippen molar-refractivity contribution in [3.8, 4) is 0 Å². The van der Waals surface area contributed by atoms with E-state index in [0.717, 1.165) is 5.92 Å². The summed E-state index contributed by atoms with van der Waals surface area (Å²) in [6.07, 6.45) is 11.7. The van der Waals surface area contributed by atoms with Gasteiger partial charge in [0.25, 0.3) is 0 Å². The predicted octanol–water partition coefficient (Wildman–Crippen LogP) is 3.10. The molecule has 13 heavy (non-hydrogen) atoms. The maximum Gasteiger partial charge on any atom is 0.0181 e. The molecule has 0 radical (unpaired) electrons. The molecule has 2 aliphatic rings. The van der Waals surface area contributed by atoms with E-state index in [1.54, 1.807) is 0 Å². The van der Waals surface area contributed by atoms with Crippen LogP contribution in [0.2, 0.25) is 0 Å². The Labute approximate surface area is 82.3 Å². The fourth-order valence-corrected chi connectivity index (χ4v) is 3.18. The zero-order valence-corrected chi connectivity index (χ0v) is 8.94. The minimum atomic E-state index is 0.504. The van der Waals surface area contributed by atoms with Gasteiger partial charge in [0.15, 0.2) is 0 Å².